The second kappa shape index (κ2) is 4.55. The molecule has 1 aliphatic rings. The largest absolute Gasteiger partial charge is 0.324 e. The smallest absolute Gasteiger partial charge is 0.269 e. The molecule has 0 radical (unpaired) electrons. The summed E-state index contributed by atoms with van der Waals surface area (Å²) in [6, 6.07) is 4.87. The van der Waals surface area contributed by atoms with Crippen LogP contribution in [0.1, 0.15) is 13.3 Å². The fourth-order valence-corrected chi connectivity index (χ4v) is 3.61. The Morgan fingerprint density at radius 2 is 1.95 bits per heavy atom. The molecule has 0 spiro atoms. The molecule has 1 unspecified atom stereocenters. The molecule has 1 aromatic carbocycles. The number of hydrogen-bond donors (Lipinski definition) is 1. The number of benzene rings is 1. The van der Waals surface area contributed by atoms with Gasteiger partial charge in [0.15, 0.2) is 0 Å². The maximum atomic E-state index is 12.3. The van der Waals surface area contributed by atoms with E-state index in [0.717, 1.165) is 0 Å². The molecule has 1 heterocycles. The molecular formula is C11H15N3O4S. The summed E-state index contributed by atoms with van der Waals surface area (Å²) in [4.78, 5) is 10.0. The molecule has 19 heavy (non-hydrogen) atoms. The number of hydrogen-bond acceptors (Lipinski definition) is 5. The zero-order valence-corrected chi connectivity index (χ0v) is 11.3. The Bertz CT molecular complexity index is 595. The van der Waals surface area contributed by atoms with E-state index in [-0.39, 0.29) is 17.1 Å². The molecule has 0 saturated carbocycles. The van der Waals surface area contributed by atoms with Crippen molar-refractivity contribution in [3.05, 3.63) is 34.4 Å². The van der Waals surface area contributed by atoms with Crippen LogP contribution in [0.3, 0.4) is 0 Å². The zero-order chi connectivity index (χ0) is 14.3. The highest BCUT2D eigenvalue weighted by atomic mass is 32.2. The average Bonchev–Trinajstić information content (AvgIpc) is 2.70. The molecule has 0 aromatic heterocycles. The Kier molecular flexibility index (Phi) is 3.33. The molecule has 1 aromatic rings. The van der Waals surface area contributed by atoms with Gasteiger partial charge in [-0.1, -0.05) is 0 Å². The minimum Gasteiger partial charge on any atom is -0.324 e. The van der Waals surface area contributed by atoms with Gasteiger partial charge in [-0.3, -0.25) is 10.1 Å². The van der Waals surface area contributed by atoms with Crippen molar-refractivity contribution in [2.45, 2.75) is 23.8 Å². The fourth-order valence-electron chi connectivity index (χ4n) is 2.04. The summed E-state index contributed by atoms with van der Waals surface area (Å²) in [5.74, 6) is 0. The van der Waals surface area contributed by atoms with Gasteiger partial charge in [-0.2, -0.15) is 4.31 Å². The molecular weight excluding hydrogens is 270 g/mol. The van der Waals surface area contributed by atoms with E-state index >= 15 is 0 Å². The highest BCUT2D eigenvalue weighted by Crippen LogP contribution is 2.26. The van der Waals surface area contributed by atoms with Crippen LogP contribution in [0.2, 0.25) is 0 Å². The molecule has 0 aliphatic carbocycles. The first-order valence-corrected chi connectivity index (χ1v) is 7.20. The van der Waals surface area contributed by atoms with E-state index in [1.54, 1.807) is 6.92 Å². The van der Waals surface area contributed by atoms with Crippen LogP contribution < -0.4 is 5.73 Å². The first-order chi connectivity index (χ1) is 8.72. The van der Waals surface area contributed by atoms with Crippen LogP contribution in [0.25, 0.3) is 0 Å². The van der Waals surface area contributed by atoms with Gasteiger partial charge < -0.3 is 5.73 Å². The molecule has 1 saturated heterocycles. The normalized spacial score (nSPS) is 24.5. The molecule has 0 bridgehead atoms. The Morgan fingerprint density at radius 3 is 2.37 bits per heavy atom. The number of rotatable bonds is 3. The predicted octanol–water partition coefficient (Wildman–Crippen LogP) is 0.707. The summed E-state index contributed by atoms with van der Waals surface area (Å²) in [6.07, 6.45) is 0.596. The van der Waals surface area contributed by atoms with Gasteiger partial charge in [0, 0.05) is 30.8 Å². The van der Waals surface area contributed by atoms with Gasteiger partial charge in [-0.15, -0.1) is 0 Å². The topological polar surface area (TPSA) is 107 Å². The van der Waals surface area contributed by atoms with E-state index in [9.17, 15) is 18.5 Å². The molecule has 2 rings (SSSR count). The van der Waals surface area contributed by atoms with Crippen LogP contribution in [-0.2, 0) is 10.0 Å². The Balaban J connectivity index is 2.28. The first kappa shape index (κ1) is 13.9. The van der Waals surface area contributed by atoms with Crippen LogP contribution in [-0.4, -0.2) is 36.3 Å². The van der Waals surface area contributed by atoms with E-state index in [1.807, 2.05) is 0 Å². The van der Waals surface area contributed by atoms with Gasteiger partial charge in [0.05, 0.1) is 9.82 Å². The standard InChI is InChI=1S/C11H15N3O4S/c1-11(12)6-7-13(8-11)19(17,18)10-4-2-9(3-5-10)14(15)16/h2-5H,6-8,12H2,1H3. The van der Waals surface area contributed by atoms with Crippen LogP contribution in [0.4, 0.5) is 5.69 Å². The van der Waals surface area contributed by atoms with E-state index in [0.29, 0.717) is 13.0 Å². The maximum absolute atomic E-state index is 12.3. The molecule has 104 valence electrons. The molecule has 2 N–H and O–H groups in total. The molecule has 8 heteroatoms. The third-order valence-electron chi connectivity index (χ3n) is 3.16. The van der Waals surface area contributed by atoms with E-state index in [4.69, 9.17) is 5.73 Å². The summed E-state index contributed by atoms with van der Waals surface area (Å²) in [5.41, 5.74) is 5.26. The van der Waals surface area contributed by atoms with Crippen molar-refractivity contribution in [3.63, 3.8) is 0 Å². The summed E-state index contributed by atoms with van der Waals surface area (Å²) < 4.78 is 25.9. The lowest BCUT2D eigenvalue weighted by Gasteiger charge is -2.19. The monoisotopic (exact) mass is 285 g/mol. The van der Waals surface area contributed by atoms with Crippen molar-refractivity contribution >= 4 is 15.7 Å². The third kappa shape index (κ3) is 2.75. The number of non-ortho nitro benzene ring substituents is 1. The number of sulfonamides is 1. The maximum Gasteiger partial charge on any atom is 0.269 e. The van der Waals surface area contributed by atoms with Gasteiger partial charge in [0.25, 0.3) is 5.69 Å². The van der Waals surface area contributed by atoms with Crippen molar-refractivity contribution < 1.29 is 13.3 Å². The molecule has 7 nitrogen and oxygen atoms in total. The second-order valence-corrected chi connectivity index (χ2v) is 6.93. The van der Waals surface area contributed by atoms with E-state index in [1.165, 1.54) is 28.6 Å². The summed E-state index contributed by atoms with van der Waals surface area (Å²) in [6.45, 7) is 2.43. The number of nitrogens with two attached hydrogens (primary N) is 1. The average molecular weight is 285 g/mol. The Morgan fingerprint density at radius 1 is 1.37 bits per heavy atom. The van der Waals surface area contributed by atoms with Crippen molar-refractivity contribution in [2.24, 2.45) is 5.73 Å². The summed E-state index contributed by atoms with van der Waals surface area (Å²) in [5, 5.41) is 10.5. The SMILES string of the molecule is CC1(N)CCN(S(=O)(=O)c2ccc([N+](=O)[O-])cc2)C1. The van der Waals surface area contributed by atoms with Crippen molar-refractivity contribution in [1.29, 1.82) is 0 Å². The highest BCUT2D eigenvalue weighted by Gasteiger charge is 2.37. The Hall–Kier alpha value is -1.51. The zero-order valence-electron chi connectivity index (χ0n) is 10.4. The van der Waals surface area contributed by atoms with Gasteiger partial charge in [0.2, 0.25) is 10.0 Å². The number of nitro groups is 1. The van der Waals surface area contributed by atoms with Crippen molar-refractivity contribution in [3.8, 4) is 0 Å². The van der Waals surface area contributed by atoms with E-state index in [2.05, 4.69) is 0 Å². The van der Waals surface area contributed by atoms with E-state index < -0.39 is 20.5 Å². The minimum absolute atomic E-state index is 0.0517. The quantitative estimate of drug-likeness (QED) is 0.650. The van der Waals surface area contributed by atoms with Crippen LogP contribution in [0, 0.1) is 10.1 Å². The summed E-state index contributed by atoms with van der Waals surface area (Å²) in [7, 11) is -3.62. The van der Waals surface area contributed by atoms with Crippen molar-refractivity contribution in [1.82, 2.24) is 4.31 Å². The van der Waals surface area contributed by atoms with Crippen LogP contribution in [0.5, 0.6) is 0 Å². The molecule has 1 aliphatic heterocycles. The van der Waals surface area contributed by atoms with Gasteiger partial charge >= 0.3 is 0 Å². The minimum atomic E-state index is -3.62. The van der Waals surface area contributed by atoms with Gasteiger partial charge in [0.1, 0.15) is 0 Å². The Labute approximate surface area is 111 Å². The molecule has 1 fully saturated rings. The van der Waals surface area contributed by atoms with Crippen LogP contribution in [0.15, 0.2) is 29.2 Å². The third-order valence-corrected chi connectivity index (χ3v) is 5.01. The molecule has 1 atom stereocenters. The van der Waals surface area contributed by atoms with Gasteiger partial charge in [-0.25, -0.2) is 8.42 Å². The first-order valence-electron chi connectivity index (χ1n) is 5.76. The summed E-state index contributed by atoms with van der Waals surface area (Å²) >= 11 is 0. The fraction of sp³-hybridized carbons (Fsp3) is 0.455. The number of nitro benzene ring substituents is 1. The lowest BCUT2D eigenvalue weighted by atomic mass is 10.0. The van der Waals surface area contributed by atoms with Gasteiger partial charge in [-0.05, 0) is 25.5 Å². The van der Waals surface area contributed by atoms with Crippen LogP contribution >= 0.6 is 0 Å². The number of nitrogens with zero attached hydrogens (tertiary/aromatic N) is 2. The second-order valence-electron chi connectivity index (χ2n) is 4.99. The lowest BCUT2D eigenvalue weighted by molar-refractivity contribution is -0.384. The highest BCUT2D eigenvalue weighted by molar-refractivity contribution is 7.89. The predicted molar refractivity (Wildman–Crippen MR) is 69.1 cm³/mol. The molecule has 0 amide bonds. The van der Waals surface area contributed by atoms with Crippen molar-refractivity contribution in [2.75, 3.05) is 13.1 Å². The lowest BCUT2D eigenvalue weighted by Crippen LogP contribution is -2.40.